The van der Waals surface area contributed by atoms with E-state index in [2.05, 4.69) is 10.6 Å². The molecule has 2 aliphatic rings. The molecule has 2 fully saturated rings. The predicted octanol–water partition coefficient (Wildman–Crippen LogP) is 3.64. The van der Waals surface area contributed by atoms with Gasteiger partial charge in [0.05, 0.1) is 17.0 Å². The minimum Gasteiger partial charge on any atom is -0.353 e. The normalized spacial score (nSPS) is 26.3. The Morgan fingerprint density at radius 3 is 2.68 bits per heavy atom. The fraction of sp³-hybridized carbons (Fsp3) is 0.556. The van der Waals surface area contributed by atoms with E-state index >= 15 is 0 Å². The first-order chi connectivity index (χ1) is 13.1. The molecule has 2 atom stereocenters. The summed E-state index contributed by atoms with van der Waals surface area (Å²) >= 11 is 5.82. The Labute approximate surface area is 164 Å². The number of carbonyl (C=O) groups is 2. The van der Waals surface area contributed by atoms with Gasteiger partial charge in [0.1, 0.15) is 11.9 Å². The molecule has 1 aliphatic carbocycles. The van der Waals surface area contributed by atoms with E-state index in [-0.39, 0.29) is 42.4 Å². The fourth-order valence-electron chi connectivity index (χ4n) is 3.69. The van der Waals surface area contributed by atoms with Crippen molar-refractivity contribution in [3.63, 3.8) is 0 Å². The van der Waals surface area contributed by atoms with Gasteiger partial charge in [-0.15, -0.1) is 0 Å². The van der Waals surface area contributed by atoms with Crippen molar-refractivity contribution in [2.45, 2.75) is 38.0 Å². The number of nitrogens with one attached hydrogen (secondary N) is 2. The van der Waals surface area contributed by atoms with E-state index < -0.39 is 41.9 Å². The molecule has 1 aromatic rings. The van der Waals surface area contributed by atoms with Gasteiger partial charge in [-0.05, 0) is 31.7 Å². The second-order valence-corrected chi connectivity index (χ2v) is 7.61. The van der Waals surface area contributed by atoms with E-state index in [1.54, 1.807) is 6.92 Å². The second kappa shape index (κ2) is 7.77. The largest absolute Gasteiger partial charge is 0.391 e. The maximum Gasteiger partial charge on any atom is 0.391 e. The smallest absolute Gasteiger partial charge is 0.353 e. The molecule has 5 nitrogen and oxygen atoms in total. The van der Waals surface area contributed by atoms with Gasteiger partial charge in [0.15, 0.2) is 0 Å². The Balaban J connectivity index is 1.82. The van der Waals surface area contributed by atoms with E-state index in [1.807, 2.05) is 0 Å². The van der Waals surface area contributed by atoms with Crippen molar-refractivity contribution in [2.75, 3.05) is 13.1 Å². The van der Waals surface area contributed by atoms with Crippen LogP contribution in [0.15, 0.2) is 18.2 Å². The highest BCUT2D eigenvalue weighted by atomic mass is 35.5. The highest BCUT2D eigenvalue weighted by Crippen LogP contribution is 2.50. The molecular formula is C18H20ClF4N3O2. The zero-order valence-corrected chi connectivity index (χ0v) is 15.8. The number of amides is 3. The number of urea groups is 1. The van der Waals surface area contributed by atoms with E-state index in [0.717, 1.165) is 0 Å². The Morgan fingerprint density at radius 2 is 2.04 bits per heavy atom. The lowest BCUT2D eigenvalue weighted by Crippen LogP contribution is -2.59. The van der Waals surface area contributed by atoms with E-state index in [9.17, 15) is 27.2 Å². The highest BCUT2D eigenvalue weighted by Gasteiger charge is 2.51. The average molecular weight is 422 g/mol. The van der Waals surface area contributed by atoms with Crippen molar-refractivity contribution >= 4 is 23.5 Å². The molecule has 2 N–H and O–H groups in total. The predicted molar refractivity (Wildman–Crippen MR) is 94.1 cm³/mol. The first-order valence-corrected chi connectivity index (χ1v) is 9.33. The molecule has 1 aromatic carbocycles. The van der Waals surface area contributed by atoms with E-state index in [1.165, 1.54) is 23.1 Å². The summed E-state index contributed by atoms with van der Waals surface area (Å²) in [6, 6.07) is 1.89. The number of piperazine rings is 1. The van der Waals surface area contributed by atoms with Crippen molar-refractivity contribution in [3.05, 3.63) is 34.6 Å². The Kier molecular flexibility index (Phi) is 5.74. The third kappa shape index (κ3) is 4.04. The van der Waals surface area contributed by atoms with Crippen LogP contribution in [0.1, 0.15) is 31.4 Å². The number of hydrogen-bond acceptors (Lipinski definition) is 2. The van der Waals surface area contributed by atoms with Crippen LogP contribution in [0.3, 0.4) is 0 Å². The van der Waals surface area contributed by atoms with Crippen LogP contribution < -0.4 is 10.6 Å². The molecule has 0 unspecified atom stereocenters. The number of alkyl halides is 3. The second-order valence-electron chi connectivity index (χ2n) is 7.20. The number of halogens is 5. The number of carbonyl (C=O) groups excluding carboxylic acids is 2. The molecule has 0 spiro atoms. The third-order valence-corrected chi connectivity index (χ3v) is 5.76. The Hall–Kier alpha value is -2.03. The summed E-state index contributed by atoms with van der Waals surface area (Å²) in [7, 11) is 0. The van der Waals surface area contributed by atoms with Crippen molar-refractivity contribution in [3.8, 4) is 0 Å². The third-order valence-electron chi connectivity index (χ3n) is 5.46. The molecule has 1 saturated carbocycles. The van der Waals surface area contributed by atoms with Crippen LogP contribution in [-0.4, -0.2) is 42.1 Å². The summed E-state index contributed by atoms with van der Waals surface area (Å²) in [5.74, 6) is -3.15. The average Bonchev–Trinajstić information content (AvgIpc) is 2.56. The summed E-state index contributed by atoms with van der Waals surface area (Å²) < 4.78 is 53.2. The van der Waals surface area contributed by atoms with Crippen LogP contribution in [0.5, 0.6) is 0 Å². The minimum absolute atomic E-state index is 0.0422. The quantitative estimate of drug-likeness (QED) is 0.732. The molecule has 0 aromatic heterocycles. The maximum absolute atomic E-state index is 14.6. The minimum atomic E-state index is -4.32. The van der Waals surface area contributed by atoms with Crippen LogP contribution >= 0.6 is 11.6 Å². The number of nitrogens with zero attached hydrogens (tertiary/aromatic N) is 1. The molecule has 1 saturated heterocycles. The zero-order valence-electron chi connectivity index (χ0n) is 15.0. The van der Waals surface area contributed by atoms with Gasteiger partial charge >= 0.3 is 12.2 Å². The molecule has 28 heavy (non-hydrogen) atoms. The summed E-state index contributed by atoms with van der Waals surface area (Å²) in [4.78, 5) is 25.8. The van der Waals surface area contributed by atoms with E-state index in [4.69, 9.17) is 11.6 Å². The van der Waals surface area contributed by atoms with Crippen LogP contribution in [0.2, 0.25) is 5.02 Å². The molecule has 3 amide bonds. The van der Waals surface area contributed by atoms with Crippen LogP contribution in [0, 0.1) is 17.7 Å². The molecular weight excluding hydrogens is 402 g/mol. The first kappa shape index (κ1) is 20.7. The van der Waals surface area contributed by atoms with Gasteiger partial charge in [-0.2, -0.15) is 13.2 Å². The van der Waals surface area contributed by atoms with Crippen LogP contribution in [0.4, 0.5) is 22.4 Å². The standard InChI is InChI=1S/C18H20ClF4N3O2/c1-9-16(27)24-5-6-26(9)17(28)25-15(10-7-11(8-10)18(21,22)23)12-3-2-4-13(19)14(12)20/h2-4,9-11,15H,5-8H2,1H3,(H,24,27)(H,25,28)/t9-,10-,11-,15+/m1/s1. The monoisotopic (exact) mass is 421 g/mol. The van der Waals surface area contributed by atoms with Crippen LogP contribution in [-0.2, 0) is 4.79 Å². The molecule has 3 rings (SSSR count). The lowest BCUT2D eigenvalue weighted by Gasteiger charge is -2.43. The highest BCUT2D eigenvalue weighted by molar-refractivity contribution is 6.30. The summed E-state index contributed by atoms with van der Waals surface area (Å²) in [5, 5.41) is 5.09. The molecule has 1 heterocycles. The lowest BCUT2D eigenvalue weighted by molar-refractivity contribution is -0.206. The van der Waals surface area contributed by atoms with Crippen molar-refractivity contribution in [1.82, 2.24) is 15.5 Å². The molecule has 1 aliphatic heterocycles. The van der Waals surface area contributed by atoms with Gasteiger partial charge in [-0.25, -0.2) is 9.18 Å². The molecule has 10 heteroatoms. The number of rotatable bonds is 3. The van der Waals surface area contributed by atoms with Gasteiger partial charge in [0.2, 0.25) is 5.91 Å². The van der Waals surface area contributed by atoms with Crippen molar-refractivity contribution in [1.29, 1.82) is 0 Å². The maximum atomic E-state index is 14.6. The molecule has 0 radical (unpaired) electrons. The SMILES string of the molecule is C[C@@H]1C(=O)NCCN1C(=O)N[C@H](c1cccc(Cl)c1F)[C@H]1C[C@H](C(F)(F)F)C1. The van der Waals surface area contributed by atoms with Gasteiger partial charge < -0.3 is 15.5 Å². The molecule has 154 valence electrons. The Morgan fingerprint density at radius 1 is 1.36 bits per heavy atom. The number of benzene rings is 1. The first-order valence-electron chi connectivity index (χ1n) is 8.95. The zero-order chi connectivity index (χ0) is 20.6. The topological polar surface area (TPSA) is 61.4 Å². The lowest BCUT2D eigenvalue weighted by atomic mass is 9.69. The summed E-state index contributed by atoms with van der Waals surface area (Å²) in [6.45, 7) is 2.07. The van der Waals surface area contributed by atoms with Gasteiger partial charge in [-0.1, -0.05) is 23.7 Å². The summed E-state index contributed by atoms with van der Waals surface area (Å²) in [5.41, 5.74) is 0.0422. The summed E-state index contributed by atoms with van der Waals surface area (Å²) in [6.07, 6.45) is -4.75. The van der Waals surface area contributed by atoms with Gasteiger partial charge in [0, 0.05) is 18.7 Å². The Bertz CT molecular complexity index is 768. The van der Waals surface area contributed by atoms with Gasteiger partial charge in [-0.3, -0.25) is 4.79 Å². The van der Waals surface area contributed by atoms with Crippen LogP contribution in [0.25, 0.3) is 0 Å². The van der Waals surface area contributed by atoms with Crippen molar-refractivity contribution in [2.24, 2.45) is 11.8 Å². The number of hydrogen-bond donors (Lipinski definition) is 2. The van der Waals surface area contributed by atoms with Gasteiger partial charge in [0.25, 0.3) is 0 Å². The van der Waals surface area contributed by atoms with Crippen molar-refractivity contribution < 1.29 is 27.2 Å². The molecule has 0 bridgehead atoms. The van der Waals surface area contributed by atoms with E-state index in [0.29, 0.717) is 0 Å². The fourth-order valence-corrected chi connectivity index (χ4v) is 3.87.